The lowest BCUT2D eigenvalue weighted by molar-refractivity contribution is 0.524. The van der Waals surface area contributed by atoms with E-state index in [-0.39, 0.29) is 0 Å². The summed E-state index contributed by atoms with van der Waals surface area (Å²) in [6.07, 6.45) is 1.64. The van der Waals surface area contributed by atoms with Gasteiger partial charge in [-0.2, -0.15) is 0 Å². The van der Waals surface area contributed by atoms with Crippen LogP contribution in [0.2, 0.25) is 0 Å². The number of rotatable bonds is 1. The molecular formula is C4H3BrINO. The molecule has 2 nitrogen and oxygen atoms in total. The van der Waals surface area contributed by atoms with Crippen LogP contribution in [0.15, 0.2) is 10.7 Å². The van der Waals surface area contributed by atoms with Crippen LogP contribution in [-0.4, -0.2) is 4.98 Å². The maximum Gasteiger partial charge on any atom is 0.257 e. The second-order valence-electron chi connectivity index (χ2n) is 1.23. The van der Waals surface area contributed by atoms with Crippen LogP contribution in [0, 0.1) is 3.90 Å². The van der Waals surface area contributed by atoms with Crippen molar-refractivity contribution in [3.63, 3.8) is 0 Å². The Hall–Kier alpha value is 0.420. The topological polar surface area (TPSA) is 26.0 Å². The Labute approximate surface area is 68.9 Å². The summed E-state index contributed by atoms with van der Waals surface area (Å²) in [5, 5.41) is 0.763. The molecule has 4 heteroatoms. The second-order valence-corrected chi connectivity index (χ2v) is 2.71. The maximum absolute atomic E-state index is 4.90. The average molecular weight is 288 g/mol. The number of hydrogen-bond acceptors (Lipinski definition) is 2. The Morgan fingerprint density at radius 2 is 2.62 bits per heavy atom. The lowest BCUT2D eigenvalue weighted by atomic mass is 10.6. The third-order valence-electron chi connectivity index (χ3n) is 0.661. The summed E-state index contributed by atoms with van der Waals surface area (Å²) in [6, 6.07) is 0. The molecule has 0 atom stereocenters. The second kappa shape index (κ2) is 2.82. The number of hydrogen-bond donors (Lipinski definition) is 0. The van der Waals surface area contributed by atoms with Crippen LogP contribution < -0.4 is 0 Å². The molecule has 0 aromatic carbocycles. The average Bonchev–Trinajstić information content (AvgIpc) is 2.14. The molecule has 0 aliphatic carbocycles. The molecule has 0 spiro atoms. The van der Waals surface area contributed by atoms with Gasteiger partial charge in [-0.15, -0.1) is 0 Å². The van der Waals surface area contributed by atoms with Crippen LogP contribution in [0.25, 0.3) is 0 Å². The number of halogens is 2. The van der Waals surface area contributed by atoms with Crippen LogP contribution in [0.4, 0.5) is 0 Å². The molecule has 1 aromatic heterocycles. The van der Waals surface area contributed by atoms with Crippen molar-refractivity contribution < 1.29 is 4.42 Å². The van der Waals surface area contributed by atoms with Crippen LogP contribution in [0.5, 0.6) is 0 Å². The Morgan fingerprint density at radius 1 is 1.88 bits per heavy atom. The van der Waals surface area contributed by atoms with Crippen LogP contribution in [0.3, 0.4) is 0 Å². The maximum atomic E-state index is 4.90. The molecule has 0 aliphatic rings. The van der Waals surface area contributed by atoms with Crippen molar-refractivity contribution in [2.75, 3.05) is 0 Å². The van der Waals surface area contributed by atoms with Gasteiger partial charge in [0, 0.05) is 27.9 Å². The summed E-state index contributed by atoms with van der Waals surface area (Å²) < 4.78 is 5.59. The lowest BCUT2D eigenvalue weighted by Crippen LogP contribution is -1.73. The third-order valence-corrected chi connectivity index (χ3v) is 1.73. The van der Waals surface area contributed by atoms with E-state index in [4.69, 9.17) is 4.42 Å². The summed E-state index contributed by atoms with van der Waals surface area (Å²) >= 11 is 5.27. The molecule has 0 fully saturated rings. The number of aromatic nitrogens is 1. The summed E-state index contributed by atoms with van der Waals surface area (Å²) in [6.45, 7) is 0. The molecule has 0 bridgehead atoms. The fraction of sp³-hybridized carbons (Fsp3) is 0.250. The lowest BCUT2D eigenvalue weighted by Gasteiger charge is -1.74. The minimum atomic E-state index is 0.692. The first-order valence-electron chi connectivity index (χ1n) is 1.99. The van der Waals surface area contributed by atoms with Crippen molar-refractivity contribution in [1.29, 1.82) is 0 Å². The van der Waals surface area contributed by atoms with E-state index >= 15 is 0 Å². The zero-order valence-corrected chi connectivity index (χ0v) is 7.64. The summed E-state index contributed by atoms with van der Waals surface area (Å²) in [4.78, 5) is 4.00. The van der Waals surface area contributed by atoms with Gasteiger partial charge in [-0.1, -0.05) is 15.9 Å². The fourth-order valence-corrected chi connectivity index (χ4v) is 1.04. The predicted octanol–water partition coefficient (Wildman–Crippen LogP) is 2.17. The van der Waals surface area contributed by atoms with E-state index < -0.39 is 0 Å². The van der Waals surface area contributed by atoms with E-state index in [1.807, 2.05) is 22.6 Å². The van der Waals surface area contributed by atoms with E-state index in [0.717, 1.165) is 11.0 Å². The SMILES string of the molecule is BrCc1coc(I)n1. The van der Waals surface area contributed by atoms with Gasteiger partial charge >= 0.3 is 0 Å². The van der Waals surface area contributed by atoms with Gasteiger partial charge in [0.15, 0.2) is 0 Å². The molecule has 8 heavy (non-hydrogen) atoms. The normalized spacial score (nSPS) is 9.75. The zero-order chi connectivity index (χ0) is 5.98. The van der Waals surface area contributed by atoms with Crippen LogP contribution in [-0.2, 0) is 5.33 Å². The van der Waals surface area contributed by atoms with Gasteiger partial charge in [-0.05, 0) is 0 Å². The van der Waals surface area contributed by atoms with Crippen molar-refractivity contribution in [3.05, 3.63) is 15.9 Å². The molecule has 1 heterocycles. The number of oxazole rings is 1. The van der Waals surface area contributed by atoms with Gasteiger partial charge in [0.1, 0.15) is 6.26 Å². The minimum Gasteiger partial charge on any atom is -0.440 e. The molecular weight excluding hydrogens is 285 g/mol. The molecule has 1 aromatic rings. The first kappa shape index (κ1) is 6.54. The minimum absolute atomic E-state index is 0.692. The van der Waals surface area contributed by atoms with Gasteiger partial charge in [0.25, 0.3) is 3.90 Å². The van der Waals surface area contributed by atoms with Gasteiger partial charge in [0.05, 0.1) is 5.69 Å². The highest BCUT2D eigenvalue weighted by Crippen LogP contribution is 2.06. The van der Waals surface area contributed by atoms with Gasteiger partial charge in [-0.3, -0.25) is 0 Å². The highest BCUT2D eigenvalue weighted by atomic mass is 127. The van der Waals surface area contributed by atoms with E-state index in [2.05, 4.69) is 20.9 Å². The molecule has 0 saturated carbocycles. The Kier molecular flexibility index (Phi) is 2.30. The third kappa shape index (κ3) is 1.45. The Morgan fingerprint density at radius 3 is 2.88 bits per heavy atom. The zero-order valence-electron chi connectivity index (χ0n) is 3.90. The van der Waals surface area contributed by atoms with Gasteiger partial charge in [0.2, 0.25) is 0 Å². The molecule has 0 amide bonds. The van der Waals surface area contributed by atoms with E-state index in [1.165, 1.54) is 0 Å². The van der Waals surface area contributed by atoms with Gasteiger partial charge in [-0.25, -0.2) is 4.98 Å². The molecule has 0 radical (unpaired) electrons. The molecule has 44 valence electrons. The fourth-order valence-electron chi connectivity index (χ4n) is 0.344. The van der Waals surface area contributed by atoms with Crippen molar-refractivity contribution >= 4 is 38.5 Å². The first-order valence-corrected chi connectivity index (χ1v) is 4.19. The van der Waals surface area contributed by atoms with Crippen LogP contribution >= 0.6 is 38.5 Å². The predicted molar refractivity (Wildman–Crippen MR) is 41.9 cm³/mol. The monoisotopic (exact) mass is 287 g/mol. The Bertz CT molecular complexity index is 176. The van der Waals surface area contributed by atoms with E-state index in [9.17, 15) is 0 Å². The number of alkyl halides is 1. The number of nitrogens with zero attached hydrogens (tertiary/aromatic N) is 1. The van der Waals surface area contributed by atoms with E-state index in [0.29, 0.717) is 3.90 Å². The molecule has 0 aliphatic heterocycles. The largest absolute Gasteiger partial charge is 0.440 e. The molecule has 1 rings (SSSR count). The van der Waals surface area contributed by atoms with Crippen LogP contribution in [0.1, 0.15) is 5.69 Å². The van der Waals surface area contributed by atoms with Crippen molar-refractivity contribution in [2.24, 2.45) is 0 Å². The molecule has 0 N–H and O–H groups in total. The van der Waals surface area contributed by atoms with Crippen molar-refractivity contribution in [1.82, 2.24) is 4.98 Å². The highest BCUT2D eigenvalue weighted by Gasteiger charge is 1.95. The summed E-state index contributed by atoms with van der Waals surface area (Å²) in [5.41, 5.74) is 0.939. The standard InChI is InChI=1S/C4H3BrINO/c5-1-3-2-8-4(6)7-3/h2H,1H2. The Balaban J connectivity index is 2.84. The summed E-state index contributed by atoms with van der Waals surface area (Å²) in [5.74, 6) is 0. The van der Waals surface area contributed by atoms with E-state index in [1.54, 1.807) is 6.26 Å². The smallest absolute Gasteiger partial charge is 0.257 e. The van der Waals surface area contributed by atoms with Crippen molar-refractivity contribution in [2.45, 2.75) is 5.33 Å². The quantitative estimate of drug-likeness (QED) is 0.584. The van der Waals surface area contributed by atoms with Crippen molar-refractivity contribution in [3.8, 4) is 0 Å². The molecule has 0 unspecified atom stereocenters. The van der Waals surface area contributed by atoms with Gasteiger partial charge < -0.3 is 4.42 Å². The highest BCUT2D eigenvalue weighted by molar-refractivity contribution is 14.1. The summed E-state index contributed by atoms with van der Waals surface area (Å²) in [7, 11) is 0. The first-order chi connectivity index (χ1) is 3.83. The molecule has 0 saturated heterocycles.